The number of amides is 1. The Hall–Kier alpha value is -1.88. The van der Waals surface area contributed by atoms with E-state index in [0.29, 0.717) is 12.1 Å². The highest BCUT2D eigenvalue weighted by molar-refractivity contribution is 7.09. The van der Waals surface area contributed by atoms with E-state index >= 15 is 0 Å². The molecule has 1 atom stereocenters. The monoisotopic (exact) mass is 289 g/mol. The summed E-state index contributed by atoms with van der Waals surface area (Å²) in [4.78, 5) is 16.6. The minimum atomic E-state index is -0.0542. The lowest BCUT2D eigenvalue weighted by Gasteiger charge is -2.13. The third-order valence-electron chi connectivity index (χ3n) is 3.13. The van der Waals surface area contributed by atoms with Gasteiger partial charge in [-0.2, -0.15) is 0 Å². The first-order valence-corrected chi connectivity index (χ1v) is 7.45. The van der Waals surface area contributed by atoms with Gasteiger partial charge in [-0.25, -0.2) is 4.98 Å². The average molecular weight is 289 g/mol. The van der Waals surface area contributed by atoms with Crippen LogP contribution in [0.5, 0.6) is 0 Å². The molecule has 20 heavy (non-hydrogen) atoms. The second-order valence-electron chi connectivity index (χ2n) is 4.78. The fourth-order valence-corrected chi connectivity index (χ4v) is 2.67. The summed E-state index contributed by atoms with van der Waals surface area (Å²) in [7, 11) is 1.82. The van der Waals surface area contributed by atoms with E-state index in [1.807, 2.05) is 37.6 Å². The molecular weight excluding hydrogens is 270 g/mol. The summed E-state index contributed by atoms with van der Waals surface area (Å²) >= 11 is 1.61. The number of rotatable bonds is 5. The summed E-state index contributed by atoms with van der Waals surface area (Å²) in [5.41, 5.74) is 2.59. The van der Waals surface area contributed by atoms with Crippen LogP contribution in [0.1, 0.15) is 33.8 Å². The van der Waals surface area contributed by atoms with Gasteiger partial charge >= 0.3 is 0 Å². The van der Waals surface area contributed by atoms with Crippen LogP contribution in [-0.4, -0.2) is 24.5 Å². The van der Waals surface area contributed by atoms with Crippen LogP contribution in [0, 0.1) is 6.92 Å². The number of hydrogen-bond acceptors (Lipinski definition) is 4. The Morgan fingerprint density at radius 1 is 1.45 bits per heavy atom. The van der Waals surface area contributed by atoms with E-state index in [1.54, 1.807) is 17.5 Å². The van der Waals surface area contributed by atoms with Crippen molar-refractivity contribution in [2.75, 3.05) is 18.9 Å². The Bertz CT molecular complexity index is 581. The van der Waals surface area contributed by atoms with E-state index < -0.39 is 0 Å². The Morgan fingerprint density at radius 3 is 2.90 bits per heavy atom. The number of carbonyl (C=O) groups excluding carboxylic acids is 1. The molecule has 2 rings (SSSR count). The van der Waals surface area contributed by atoms with Crippen molar-refractivity contribution in [3.05, 3.63) is 45.9 Å². The SMILES string of the molecule is CNc1ccc(C)cc1C(=O)NCC(C)c1nccs1. The molecule has 0 aliphatic carbocycles. The molecule has 1 unspecified atom stereocenters. The van der Waals surface area contributed by atoms with Gasteiger partial charge in [0, 0.05) is 36.8 Å². The highest BCUT2D eigenvalue weighted by Gasteiger charge is 2.14. The lowest BCUT2D eigenvalue weighted by molar-refractivity contribution is 0.0952. The van der Waals surface area contributed by atoms with Crippen molar-refractivity contribution in [2.45, 2.75) is 19.8 Å². The number of aromatic nitrogens is 1. The molecule has 0 aliphatic heterocycles. The number of thiazole rings is 1. The number of anilines is 1. The zero-order valence-corrected chi connectivity index (χ0v) is 12.8. The van der Waals surface area contributed by atoms with Crippen molar-refractivity contribution in [1.29, 1.82) is 0 Å². The van der Waals surface area contributed by atoms with Crippen LogP contribution in [0.25, 0.3) is 0 Å². The van der Waals surface area contributed by atoms with Gasteiger partial charge in [-0.1, -0.05) is 18.6 Å². The molecule has 4 nitrogen and oxygen atoms in total. The van der Waals surface area contributed by atoms with E-state index in [0.717, 1.165) is 16.3 Å². The van der Waals surface area contributed by atoms with E-state index in [2.05, 4.69) is 22.5 Å². The maximum atomic E-state index is 12.3. The molecular formula is C15H19N3OS. The Morgan fingerprint density at radius 2 is 2.25 bits per heavy atom. The molecule has 2 aromatic rings. The summed E-state index contributed by atoms with van der Waals surface area (Å²) in [6, 6.07) is 5.81. The predicted molar refractivity (Wildman–Crippen MR) is 83.6 cm³/mol. The molecule has 0 bridgehead atoms. The van der Waals surface area contributed by atoms with Gasteiger partial charge in [-0.15, -0.1) is 11.3 Å². The van der Waals surface area contributed by atoms with E-state index in [-0.39, 0.29) is 11.8 Å². The molecule has 1 amide bonds. The van der Waals surface area contributed by atoms with Gasteiger partial charge in [0.2, 0.25) is 0 Å². The molecule has 5 heteroatoms. The summed E-state index contributed by atoms with van der Waals surface area (Å²) in [5.74, 6) is 0.170. The lowest BCUT2D eigenvalue weighted by Crippen LogP contribution is -2.28. The smallest absolute Gasteiger partial charge is 0.253 e. The molecule has 1 heterocycles. The third kappa shape index (κ3) is 3.36. The Labute approximate surface area is 123 Å². The Balaban J connectivity index is 2.03. The number of aryl methyl sites for hydroxylation is 1. The minimum Gasteiger partial charge on any atom is -0.387 e. The first-order valence-electron chi connectivity index (χ1n) is 6.57. The van der Waals surface area contributed by atoms with Gasteiger partial charge in [-0.3, -0.25) is 4.79 Å². The molecule has 0 radical (unpaired) electrons. The summed E-state index contributed by atoms with van der Waals surface area (Å²) < 4.78 is 0. The third-order valence-corrected chi connectivity index (χ3v) is 4.14. The van der Waals surface area contributed by atoms with Gasteiger partial charge < -0.3 is 10.6 Å². The van der Waals surface area contributed by atoms with Crippen molar-refractivity contribution in [3.63, 3.8) is 0 Å². The van der Waals surface area contributed by atoms with Crippen molar-refractivity contribution in [1.82, 2.24) is 10.3 Å². The number of carbonyl (C=O) groups is 1. The molecule has 0 spiro atoms. The highest BCUT2D eigenvalue weighted by Crippen LogP contribution is 2.19. The number of nitrogens with zero attached hydrogens (tertiary/aromatic N) is 1. The first kappa shape index (κ1) is 14.5. The normalized spacial score (nSPS) is 11.9. The van der Waals surface area contributed by atoms with Crippen molar-refractivity contribution in [3.8, 4) is 0 Å². The largest absolute Gasteiger partial charge is 0.387 e. The Kier molecular flexibility index (Phi) is 4.74. The standard InChI is InChI=1S/C15H19N3OS/c1-10-4-5-13(16-3)12(8-10)14(19)18-9-11(2)15-17-6-7-20-15/h4-8,11,16H,9H2,1-3H3,(H,18,19). The van der Waals surface area contributed by atoms with E-state index in [4.69, 9.17) is 0 Å². The molecule has 1 aromatic carbocycles. The first-order chi connectivity index (χ1) is 9.61. The van der Waals surface area contributed by atoms with E-state index in [9.17, 15) is 4.79 Å². The molecule has 1 aromatic heterocycles. The maximum Gasteiger partial charge on any atom is 0.253 e. The average Bonchev–Trinajstić information content (AvgIpc) is 2.98. The zero-order valence-electron chi connectivity index (χ0n) is 11.9. The predicted octanol–water partition coefficient (Wildman–Crippen LogP) is 3.03. The van der Waals surface area contributed by atoms with Crippen LogP contribution in [-0.2, 0) is 0 Å². The van der Waals surface area contributed by atoms with Crippen molar-refractivity contribution < 1.29 is 4.79 Å². The van der Waals surface area contributed by atoms with Crippen LogP contribution < -0.4 is 10.6 Å². The molecule has 0 saturated carbocycles. The number of benzene rings is 1. The fourth-order valence-electron chi connectivity index (χ4n) is 1.97. The second kappa shape index (κ2) is 6.52. The summed E-state index contributed by atoms with van der Waals surface area (Å²) in [6.45, 7) is 4.63. The van der Waals surface area contributed by atoms with Gasteiger partial charge in [-0.05, 0) is 19.1 Å². The maximum absolute atomic E-state index is 12.3. The minimum absolute atomic E-state index is 0.0542. The van der Waals surface area contributed by atoms with Crippen LogP contribution in [0.2, 0.25) is 0 Å². The molecule has 0 aliphatic rings. The van der Waals surface area contributed by atoms with Gasteiger partial charge in [0.1, 0.15) is 0 Å². The fraction of sp³-hybridized carbons (Fsp3) is 0.333. The molecule has 0 fully saturated rings. The number of nitrogens with one attached hydrogen (secondary N) is 2. The number of hydrogen-bond donors (Lipinski definition) is 2. The van der Waals surface area contributed by atoms with Crippen LogP contribution >= 0.6 is 11.3 Å². The zero-order chi connectivity index (χ0) is 14.5. The summed E-state index contributed by atoms with van der Waals surface area (Å²) in [6.07, 6.45) is 1.79. The summed E-state index contributed by atoms with van der Waals surface area (Å²) in [5, 5.41) is 9.02. The lowest BCUT2D eigenvalue weighted by atomic mass is 10.1. The highest BCUT2D eigenvalue weighted by atomic mass is 32.1. The van der Waals surface area contributed by atoms with Gasteiger partial charge in [0.05, 0.1) is 10.6 Å². The molecule has 2 N–H and O–H groups in total. The molecule has 0 saturated heterocycles. The topological polar surface area (TPSA) is 54.0 Å². The van der Waals surface area contributed by atoms with Crippen LogP contribution in [0.3, 0.4) is 0 Å². The van der Waals surface area contributed by atoms with Crippen molar-refractivity contribution in [2.24, 2.45) is 0 Å². The van der Waals surface area contributed by atoms with Crippen LogP contribution in [0.15, 0.2) is 29.8 Å². The van der Waals surface area contributed by atoms with Crippen LogP contribution in [0.4, 0.5) is 5.69 Å². The van der Waals surface area contributed by atoms with Crippen molar-refractivity contribution >= 4 is 22.9 Å². The van der Waals surface area contributed by atoms with Gasteiger partial charge in [0.15, 0.2) is 0 Å². The second-order valence-corrected chi connectivity index (χ2v) is 5.71. The quantitative estimate of drug-likeness (QED) is 0.889. The molecule has 106 valence electrons. The van der Waals surface area contributed by atoms with Gasteiger partial charge in [0.25, 0.3) is 5.91 Å². The van der Waals surface area contributed by atoms with E-state index in [1.165, 1.54) is 0 Å².